The summed E-state index contributed by atoms with van der Waals surface area (Å²) in [5.41, 5.74) is 3.05. The Balaban J connectivity index is 1.88. The quantitative estimate of drug-likeness (QED) is 0.497. The number of ether oxygens (including phenoxy) is 1. The van der Waals surface area contributed by atoms with E-state index in [0.29, 0.717) is 12.3 Å². The summed E-state index contributed by atoms with van der Waals surface area (Å²) in [5.74, 6) is -0.413. The monoisotopic (exact) mass is 342 g/mol. The number of nitrogens with zero attached hydrogens (tertiary/aromatic N) is 2. The van der Waals surface area contributed by atoms with Gasteiger partial charge in [-0.25, -0.2) is 9.48 Å². The molecule has 0 spiro atoms. The molecule has 1 aromatic heterocycles. The first-order chi connectivity index (χ1) is 12.8. The van der Waals surface area contributed by atoms with Crippen molar-refractivity contribution in [2.24, 2.45) is 0 Å². The fraction of sp³-hybridized carbons (Fsp3) is 0.0909. The minimum Gasteiger partial charge on any atom is -0.461 e. The molecular weight excluding hydrogens is 324 g/mol. The smallest absolute Gasteiger partial charge is 0.358 e. The first-order valence-electron chi connectivity index (χ1n) is 8.58. The fourth-order valence-corrected chi connectivity index (χ4v) is 3.01. The van der Waals surface area contributed by atoms with Gasteiger partial charge in [-0.3, -0.25) is 0 Å². The SMILES string of the molecule is CCOC(=O)c1cc(-c2ccc3ccccc3c2)n(-c2ccccc2)n1. The van der Waals surface area contributed by atoms with E-state index in [-0.39, 0.29) is 0 Å². The lowest BCUT2D eigenvalue weighted by Gasteiger charge is -2.08. The molecule has 0 aliphatic carbocycles. The van der Waals surface area contributed by atoms with E-state index in [1.54, 1.807) is 17.7 Å². The van der Waals surface area contributed by atoms with Gasteiger partial charge >= 0.3 is 5.97 Å². The van der Waals surface area contributed by atoms with Crippen molar-refractivity contribution in [3.8, 4) is 16.9 Å². The van der Waals surface area contributed by atoms with E-state index in [9.17, 15) is 4.79 Å². The second kappa shape index (κ2) is 6.84. The van der Waals surface area contributed by atoms with Crippen LogP contribution >= 0.6 is 0 Å². The largest absolute Gasteiger partial charge is 0.461 e. The summed E-state index contributed by atoms with van der Waals surface area (Å²) < 4.78 is 6.91. The van der Waals surface area contributed by atoms with Crippen molar-refractivity contribution in [3.63, 3.8) is 0 Å². The van der Waals surface area contributed by atoms with Crippen LogP contribution in [0, 0.1) is 0 Å². The molecule has 0 radical (unpaired) electrons. The van der Waals surface area contributed by atoms with E-state index in [1.807, 2.05) is 48.5 Å². The van der Waals surface area contributed by atoms with Gasteiger partial charge in [-0.2, -0.15) is 5.10 Å². The summed E-state index contributed by atoms with van der Waals surface area (Å²) in [6, 6.07) is 26.0. The second-order valence-corrected chi connectivity index (χ2v) is 5.94. The minimum atomic E-state index is -0.413. The van der Waals surface area contributed by atoms with Crippen LogP contribution in [0.5, 0.6) is 0 Å². The van der Waals surface area contributed by atoms with Crippen LogP contribution in [0.4, 0.5) is 0 Å². The first-order valence-corrected chi connectivity index (χ1v) is 8.58. The molecule has 0 unspecified atom stereocenters. The van der Waals surface area contributed by atoms with Gasteiger partial charge in [0.2, 0.25) is 0 Å². The molecule has 0 bridgehead atoms. The molecule has 0 N–H and O–H groups in total. The third-order valence-corrected chi connectivity index (χ3v) is 4.24. The topological polar surface area (TPSA) is 44.1 Å². The lowest BCUT2D eigenvalue weighted by Crippen LogP contribution is -2.06. The summed E-state index contributed by atoms with van der Waals surface area (Å²) in [6.45, 7) is 2.11. The first kappa shape index (κ1) is 16.1. The molecule has 0 fully saturated rings. The summed E-state index contributed by atoms with van der Waals surface area (Å²) >= 11 is 0. The number of esters is 1. The maximum atomic E-state index is 12.2. The standard InChI is InChI=1S/C22H18N2O2/c1-2-26-22(25)20-15-21(24(23-20)19-10-4-3-5-11-19)18-13-12-16-8-6-7-9-17(16)14-18/h3-15H,2H2,1H3. The number of benzene rings is 3. The average molecular weight is 342 g/mol. The van der Waals surface area contributed by atoms with E-state index in [2.05, 4.69) is 29.4 Å². The number of aromatic nitrogens is 2. The molecule has 4 aromatic rings. The molecule has 4 heteroatoms. The van der Waals surface area contributed by atoms with Gasteiger partial charge in [0.25, 0.3) is 0 Å². The Morgan fingerprint density at radius 3 is 2.42 bits per heavy atom. The number of hydrogen-bond donors (Lipinski definition) is 0. The number of carbonyl (C=O) groups is 1. The highest BCUT2D eigenvalue weighted by Crippen LogP contribution is 2.27. The Morgan fingerprint density at radius 1 is 0.923 bits per heavy atom. The molecule has 0 aliphatic rings. The minimum absolute atomic E-state index is 0.305. The normalized spacial score (nSPS) is 10.8. The van der Waals surface area contributed by atoms with E-state index >= 15 is 0 Å². The Labute approximate surface area is 151 Å². The fourth-order valence-electron chi connectivity index (χ4n) is 3.01. The molecular formula is C22H18N2O2. The Kier molecular flexibility index (Phi) is 4.23. The number of hydrogen-bond acceptors (Lipinski definition) is 3. The Bertz CT molecular complexity index is 1070. The van der Waals surface area contributed by atoms with Gasteiger partial charge < -0.3 is 4.74 Å². The van der Waals surface area contributed by atoms with Gasteiger partial charge in [0.05, 0.1) is 18.0 Å². The van der Waals surface area contributed by atoms with Crippen molar-refractivity contribution in [2.75, 3.05) is 6.61 Å². The van der Waals surface area contributed by atoms with Gasteiger partial charge in [0.1, 0.15) is 0 Å². The van der Waals surface area contributed by atoms with Crippen LogP contribution in [-0.2, 0) is 4.74 Å². The highest BCUT2D eigenvalue weighted by Gasteiger charge is 2.17. The summed E-state index contributed by atoms with van der Waals surface area (Å²) in [5, 5.41) is 6.81. The zero-order valence-corrected chi connectivity index (χ0v) is 14.4. The summed E-state index contributed by atoms with van der Waals surface area (Å²) in [7, 11) is 0. The van der Waals surface area contributed by atoms with Gasteiger partial charge in [-0.15, -0.1) is 0 Å². The molecule has 128 valence electrons. The van der Waals surface area contributed by atoms with Crippen LogP contribution in [0.25, 0.3) is 27.7 Å². The molecule has 3 aromatic carbocycles. The molecule has 4 rings (SSSR count). The third kappa shape index (κ3) is 2.97. The Hall–Kier alpha value is -3.40. The maximum absolute atomic E-state index is 12.2. The van der Waals surface area contributed by atoms with Gasteiger partial charge in [0.15, 0.2) is 5.69 Å². The van der Waals surface area contributed by atoms with Crippen molar-refractivity contribution in [2.45, 2.75) is 6.92 Å². The van der Waals surface area contributed by atoms with Crippen LogP contribution in [0.2, 0.25) is 0 Å². The van der Waals surface area contributed by atoms with Crippen LogP contribution in [0.1, 0.15) is 17.4 Å². The third-order valence-electron chi connectivity index (χ3n) is 4.24. The van der Waals surface area contributed by atoms with Crippen LogP contribution in [0.3, 0.4) is 0 Å². The zero-order valence-electron chi connectivity index (χ0n) is 14.4. The predicted octanol–water partition coefficient (Wildman–Crippen LogP) is 4.87. The van der Waals surface area contributed by atoms with Gasteiger partial charge in [-0.05, 0) is 42.0 Å². The lowest BCUT2D eigenvalue weighted by molar-refractivity contribution is 0.0519. The Morgan fingerprint density at radius 2 is 1.65 bits per heavy atom. The molecule has 0 saturated heterocycles. The number of carbonyl (C=O) groups excluding carboxylic acids is 1. The van der Waals surface area contributed by atoms with E-state index in [0.717, 1.165) is 22.3 Å². The highest BCUT2D eigenvalue weighted by atomic mass is 16.5. The number of rotatable bonds is 4. The summed E-state index contributed by atoms with van der Waals surface area (Å²) in [4.78, 5) is 12.2. The van der Waals surface area contributed by atoms with Gasteiger partial charge in [0, 0.05) is 5.56 Å². The highest BCUT2D eigenvalue weighted by molar-refractivity contribution is 5.91. The molecule has 0 amide bonds. The van der Waals surface area contributed by atoms with Crippen LogP contribution in [-0.4, -0.2) is 22.4 Å². The van der Waals surface area contributed by atoms with Crippen LogP contribution < -0.4 is 0 Å². The van der Waals surface area contributed by atoms with Crippen molar-refractivity contribution in [1.82, 2.24) is 9.78 Å². The number of para-hydroxylation sites is 1. The molecule has 1 heterocycles. The molecule has 26 heavy (non-hydrogen) atoms. The van der Waals surface area contributed by atoms with Crippen LogP contribution in [0.15, 0.2) is 78.9 Å². The average Bonchev–Trinajstić information content (AvgIpc) is 3.14. The predicted molar refractivity (Wildman–Crippen MR) is 102 cm³/mol. The van der Waals surface area contributed by atoms with Crippen molar-refractivity contribution < 1.29 is 9.53 Å². The van der Waals surface area contributed by atoms with Crippen molar-refractivity contribution in [3.05, 3.63) is 84.6 Å². The van der Waals surface area contributed by atoms with Crippen molar-refractivity contribution >= 4 is 16.7 Å². The molecule has 0 saturated carbocycles. The molecule has 4 nitrogen and oxygen atoms in total. The summed E-state index contributed by atoms with van der Waals surface area (Å²) in [6.07, 6.45) is 0. The van der Waals surface area contributed by atoms with Crippen molar-refractivity contribution in [1.29, 1.82) is 0 Å². The zero-order chi connectivity index (χ0) is 17.9. The second-order valence-electron chi connectivity index (χ2n) is 5.94. The van der Waals surface area contributed by atoms with E-state index in [1.165, 1.54) is 5.39 Å². The number of fused-ring (bicyclic) bond motifs is 1. The van der Waals surface area contributed by atoms with Gasteiger partial charge in [-0.1, -0.05) is 54.6 Å². The molecule has 0 atom stereocenters. The molecule has 0 aliphatic heterocycles. The van der Waals surface area contributed by atoms with E-state index in [4.69, 9.17) is 4.74 Å². The van der Waals surface area contributed by atoms with E-state index < -0.39 is 5.97 Å². The lowest BCUT2D eigenvalue weighted by atomic mass is 10.0. The maximum Gasteiger partial charge on any atom is 0.358 e.